The molecule has 0 atom stereocenters. The Morgan fingerprint density at radius 3 is 2.79 bits per heavy atom. The van der Waals surface area contributed by atoms with Crippen LogP contribution in [0.3, 0.4) is 0 Å². The van der Waals surface area contributed by atoms with Crippen LogP contribution in [0.15, 0.2) is 28.5 Å². The molecule has 2 N–H and O–H groups in total. The van der Waals surface area contributed by atoms with E-state index in [4.69, 9.17) is 5.11 Å². The van der Waals surface area contributed by atoms with Gasteiger partial charge in [-0.25, -0.2) is 4.98 Å². The van der Waals surface area contributed by atoms with Crippen molar-refractivity contribution in [1.82, 2.24) is 25.1 Å². The van der Waals surface area contributed by atoms with E-state index in [1.807, 2.05) is 7.05 Å². The van der Waals surface area contributed by atoms with Crippen LogP contribution in [0.1, 0.15) is 16.2 Å². The minimum atomic E-state index is -0.274. The number of imidazole rings is 1. The molecular formula is C11H13N5O2S. The second kappa shape index (κ2) is 5.81. The van der Waals surface area contributed by atoms with Crippen molar-refractivity contribution in [2.24, 2.45) is 7.05 Å². The van der Waals surface area contributed by atoms with Crippen LogP contribution in [0.4, 0.5) is 0 Å². The Morgan fingerprint density at radius 2 is 2.26 bits per heavy atom. The summed E-state index contributed by atoms with van der Waals surface area (Å²) in [5, 5.41) is 20.7. The topological polar surface area (TPSA) is 92.9 Å². The number of rotatable bonds is 4. The molecule has 0 fully saturated rings. The highest BCUT2D eigenvalue weighted by Crippen LogP contribution is 2.24. The van der Waals surface area contributed by atoms with Gasteiger partial charge in [0.1, 0.15) is 5.03 Å². The van der Waals surface area contributed by atoms with E-state index in [1.165, 1.54) is 18.8 Å². The van der Waals surface area contributed by atoms with Crippen LogP contribution in [-0.4, -0.2) is 37.8 Å². The highest BCUT2D eigenvalue weighted by molar-refractivity contribution is 7.99. The molecule has 2 aromatic heterocycles. The highest BCUT2D eigenvalue weighted by Gasteiger charge is 2.10. The Morgan fingerprint density at radius 1 is 1.47 bits per heavy atom. The third-order valence-electron chi connectivity index (χ3n) is 2.50. The van der Waals surface area contributed by atoms with Gasteiger partial charge in [-0.2, -0.15) is 0 Å². The van der Waals surface area contributed by atoms with E-state index in [2.05, 4.69) is 20.5 Å². The zero-order valence-electron chi connectivity index (χ0n) is 10.5. The fourth-order valence-corrected chi connectivity index (χ4v) is 2.15. The van der Waals surface area contributed by atoms with Gasteiger partial charge in [-0.1, -0.05) is 0 Å². The molecule has 0 radical (unpaired) electrons. The summed E-state index contributed by atoms with van der Waals surface area (Å²) in [6, 6.07) is 3.31. The molecule has 0 aliphatic heterocycles. The molecule has 8 heteroatoms. The fourth-order valence-electron chi connectivity index (χ4n) is 1.38. The molecule has 2 aromatic rings. The SMILES string of the molecule is CNC(=O)c1ccc(Sc2ncc(CO)n2C)nn1. The zero-order valence-corrected chi connectivity index (χ0v) is 11.3. The molecule has 0 saturated carbocycles. The monoisotopic (exact) mass is 279 g/mol. The van der Waals surface area contributed by atoms with E-state index in [0.29, 0.717) is 10.2 Å². The van der Waals surface area contributed by atoms with Crippen LogP contribution in [0.2, 0.25) is 0 Å². The van der Waals surface area contributed by atoms with Crippen LogP contribution in [-0.2, 0) is 13.7 Å². The van der Waals surface area contributed by atoms with Gasteiger partial charge in [0.15, 0.2) is 10.9 Å². The fraction of sp³-hybridized carbons (Fsp3) is 0.273. The van der Waals surface area contributed by atoms with E-state index < -0.39 is 0 Å². The first kappa shape index (κ1) is 13.5. The van der Waals surface area contributed by atoms with E-state index in [9.17, 15) is 4.79 Å². The van der Waals surface area contributed by atoms with Crippen molar-refractivity contribution in [3.8, 4) is 0 Å². The Labute approximate surface area is 114 Å². The number of amides is 1. The number of hydrogen-bond donors (Lipinski definition) is 2. The van der Waals surface area contributed by atoms with Crippen molar-refractivity contribution in [2.45, 2.75) is 16.8 Å². The molecule has 2 rings (SSSR count). The second-order valence-electron chi connectivity index (χ2n) is 3.69. The molecule has 0 aromatic carbocycles. The molecule has 0 spiro atoms. The summed E-state index contributed by atoms with van der Waals surface area (Å²) in [5.74, 6) is -0.274. The molecule has 0 aliphatic rings. The lowest BCUT2D eigenvalue weighted by Gasteiger charge is -2.03. The second-order valence-corrected chi connectivity index (χ2v) is 4.67. The van der Waals surface area contributed by atoms with Gasteiger partial charge in [-0.3, -0.25) is 4.79 Å². The number of aromatic nitrogens is 4. The number of aliphatic hydroxyl groups excluding tert-OH is 1. The van der Waals surface area contributed by atoms with Gasteiger partial charge in [0.2, 0.25) is 0 Å². The van der Waals surface area contributed by atoms with Crippen LogP contribution >= 0.6 is 11.8 Å². The Bertz CT molecular complexity index is 581. The number of carbonyl (C=O) groups is 1. The number of hydrogen-bond acceptors (Lipinski definition) is 6. The summed E-state index contributed by atoms with van der Waals surface area (Å²) < 4.78 is 1.78. The molecular weight excluding hydrogens is 266 g/mol. The third-order valence-corrected chi connectivity index (χ3v) is 3.49. The standard InChI is InChI=1S/C11H13N5O2S/c1-12-10(18)8-3-4-9(15-14-8)19-11-13-5-7(6-17)16(11)2/h3-5,17H,6H2,1-2H3,(H,12,18). The summed E-state index contributed by atoms with van der Waals surface area (Å²) in [6.07, 6.45) is 1.61. The van der Waals surface area contributed by atoms with Crippen LogP contribution in [0.25, 0.3) is 0 Å². The summed E-state index contributed by atoms with van der Waals surface area (Å²) in [6.45, 7) is -0.0641. The molecule has 100 valence electrons. The van der Waals surface area contributed by atoms with E-state index in [0.717, 1.165) is 5.69 Å². The summed E-state index contributed by atoms with van der Waals surface area (Å²) in [5.41, 5.74) is 0.986. The molecule has 0 aliphatic carbocycles. The smallest absolute Gasteiger partial charge is 0.271 e. The lowest BCUT2D eigenvalue weighted by molar-refractivity contribution is 0.0957. The quantitative estimate of drug-likeness (QED) is 0.831. The predicted molar refractivity (Wildman–Crippen MR) is 68.7 cm³/mol. The van der Waals surface area contributed by atoms with Crippen molar-refractivity contribution in [3.63, 3.8) is 0 Å². The average Bonchev–Trinajstić information content (AvgIpc) is 2.79. The minimum Gasteiger partial charge on any atom is -0.390 e. The predicted octanol–water partition coefficient (Wildman–Crippen LogP) is 0.213. The average molecular weight is 279 g/mol. The summed E-state index contributed by atoms with van der Waals surface area (Å²) in [4.78, 5) is 15.5. The van der Waals surface area contributed by atoms with Gasteiger partial charge >= 0.3 is 0 Å². The molecule has 1 amide bonds. The van der Waals surface area contributed by atoms with Crippen molar-refractivity contribution in [3.05, 3.63) is 29.7 Å². The maximum atomic E-state index is 11.3. The van der Waals surface area contributed by atoms with Crippen molar-refractivity contribution in [1.29, 1.82) is 0 Å². The van der Waals surface area contributed by atoms with Gasteiger partial charge in [0, 0.05) is 14.1 Å². The first-order valence-corrected chi connectivity index (χ1v) is 6.32. The molecule has 7 nitrogen and oxygen atoms in total. The van der Waals surface area contributed by atoms with Crippen LogP contribution in [0, 0.1) is 0 Å². The van der Waals surface area contributed by atoms with Crippen LogP contribution in [0.5, 0.6) is 0 Å². The zero-order chi connectivity index (χ0) is 13.8. The van der Waals surface area contributed by atoms with Gasteiger partial charge in [-0.15, -0.1) is 10.2 Å². The van der Waals surface area contributed by atoms with E-state index in [1.54, 1.807) is 22.9 Å². The molecule has 2 heterocycles. The lowest BCUT2D eigenvalue weighted by atomic mass is 10.4. The normalized spacial score (nSPS) is 10.5. The first-order chi connectivity index (χ1) is 9.15. The Kier molecular flexibility index (Phi) is 4.13. The molecule has 0 bridgehead atoms. The van der Waals surface area contributed by atoms with Crippen molar-refractivity contribution in [2.75, 3.05) is 7.05 Å². The number of nitrogens with zero attached hydrogens (tertiary/aromatic N) is 4. The molecule has 19 heavy (non-hydrogen) atoms. The lowest BCUT2D eigenvalue weighted by Crippen LogP contribution is -2.19. The Balaban J connectivity index is 2.15. The van der Waals surface area contributed by atoms with Crippen molar-refractivity contribution < 1.29 is 9.90 Å². The van der Waals surface area contributed by atoms with Crippen LogP contribution < -0.4 is 5.32 Å². The summed E-state index contributed by atoms with van der Waals surface area (Å²) in [7, 11) is 3.35. The van der Waals surface area contributed by atoms with E-state index >= 15 is 0 Å². The highest BCUT2D eigenvalue weighted by atomic mass is 32.2. The van der Waals surface area contributed by atoms with Crippen molar-refractivity contribution >= 4 is 17.7 Å². The number of nitrogens with one attached hydrogen (secondary N) is 1. The van der Waals surface area contributed by atoms with Gasteiger partial charge in [0.25, 0.3) is 5.91 Å². The Hall–Kier alpha value is -1.93. The first-order valence-electron chi connectivity index (χ1n) is 5.50. The maximum Gasteiger partial charge on any atom is 0.271 e. The number of aliphatic hydroxyl groups is 1. The van der Waals surface area contributed by atoms with Gasteiger partial charge in [0.05, 0.1) is 18.5 Å². The number of carbonyl (C=O) groups excluding carboxylic acids is 1. The summed E-state index contributed by atoms with van der Waals surface area (Å²) >= 11 is 1.31. The molecule has 0 saturated heterocycles. The van der Waals surface area contributed by atoms with Gasteiger partial charge < -0.3 is 15.0 Å². The van der Waals surface area contributed by atoms with Gasteiger partial charge in [-0.05, 0) is 23.9 Å². The largest absolute Gasteiger partial charge is 0.390 e. The third kappa shape index (κ3) is 2.91. The maximum absolute atomic E-state index is 11.3. The van der Waals surface area contributed by atoms with E-state index in [-0.39, 0.29) is 18.2 Å². The molecule has 0 unspecified atom stereocenters. The minimum absolute atomic E-state index is 0.0641.